The highest BCUT2D eigenvalue weighted by atomic mass is 32.2. The molecule has 0 aliphatic heterocycles. The van der Waals surface area contributed by atoms with Crippen molar-refractivity contribution in [1.82, 2.24) is 5.32 Å². The molecule has 2 aliphatic carbocycles. The van der Waals surface area contributed by atoms with Crippen LogP contribution in [0.1, 0.15) is 44.7 Å². The summed E-state index contributed by atoms with van der Waals surface area (Å²) >= 11 is 1.83. The molecule has 5 unspecified atom stereocenters. The topological polar surface area (TPSA) is 55.1 Å². The Kier molecular flexibility index (Phi) is 4.79. The van der Waals surface area contributed by atoms with Crippen molar-refractivity contribution >= 4 is 17.7 Å². The van der Waals surface area contributed by atoms with Crippen LogP contribution in [-0.2, 0) is 4.79 Å². The lowest BCUT2D eigenvalue weighted by atomic mass is 9.84. The average Bonchev–Trinajstić information content (AvgIpc) is 3.09. The lowest BCUT2D eigenvalue weighted by Crippen LogP contribution is -2.45. The van der Waals surface area contributed by atoms with Crippen molar-refractivity contribution < 1.29 is 4.79 Å². The number of amides is 1. The van der Waals surface area contributed by atoms with Crippen LogP contribution in [-0.4, -0.2) is 17.7 Å². The minimum absolute atomic E-state index is 0.0242. The minimum Gasteiger partial charge on any atom is -0.349 e. The summed E-state index contributed by atoms with van der Waals surface area (Å²) in [6, 6.07) is 8.60. The average molecular weight is 318 g/mol. The number of carbonyl (C=O) groups excluding carboxylic acids is 1. The van der Waals surface area contributed by atoms with Crippen molar-refractivity contribution in [3.63, 3.8) is 0 Å². The SMILES string of the molecule is CCSc1ccc(C(C)NC(=O)C2C3CCC(C3)C2N)cc1. The largest absolute Gasteiger partial charge is 0.349 e. The quantitative estimate of drug-likeness (QED) is 0.819. The molecule has 2 bridgehead atoms. The zero-order valence-electron chi connectivity index (χ0n) is 13.4. The Morgan fingerprint density at radius 3 is 2.59 bits per heavy atom. The van der Waals surface area contributed by atoms with Crippen LogP contribution < -0.4 is 11.1 Å². The number of fused-ring (bicyclic) bond motifs is 2. The number of rotatable bonds is 5. The van der Waals surface area contributed by atoms with E-state index in [1.165, 1.54) is 17.7 Å². The molecule has 22 heavy (non-hydrogen) atoms. The zero-order valence-corrected chi connectivity index (χ0v) is 14.2. The minimum atomic E-state index is 0.0242. The van der Waals surface area contributed by atoms with Crippen LogP contribution in [0.2, 0.25) is 0 Å². The zero-order chi connectivity index (χ0) is 15.7. The first kappa shape index (κ1) is 15.9. The van der Waals surface area contributed by atoms with Crippen LogP contribution in [0.3, 0.4) is 0 Å². The normalized spacial score (nSPS) is 31.2. The van der Waals surface area contributed by atoms with Crippen molar-refractivity contribution in [3.8, 4) is 0 Å². The number of hydrogen-bond donors (Lipinski definition) is 2. The number of carbonyl (C=O) groups is 1. The Morgan fingerprint density at radius 1 is 1.32 bits per heavy atom. The van der Waals surface area contributed by atoms with E-state index >= 15 is 0 Å². The summed E-state index contributed by atoms with van der Waals surface area (Å²) in [5, 5.41) is 3.18. The fourth-order valence-corrected chi connectivity index (χ4v) is 4.80. The molecule has 1 aromatic carbocycles. The van der Waals surface area contributed by atoms with Crippen LogP contribution in [0.5, 0.6) is 0 Å². The summed E-state index contributed by atoms with van der Waals surface area (Å²) in [7, 11) is 0. The number of benzene rings is 1. The first-order valence-electron chi connectivity index (χ1n) is 8.39. The molecule has 0 radical (unpaired) electrons. The smallest absolute Gasteiger partial charge is 0.225 e. The molecule has 3 nitrogen and oxygen atoms in total. The van der Waals surface area contributed by atoms with Gasteiger partial charge in [-0.15, -0.1) is 11.8 Å². The number of hydrogen-bond acceptors (Lipinski definition) is 3. The highest BCUT2D eigenvalue weighted by Gasteiger charge is 2.49. The molecule has 5 atom stereocenters. The van der Waals surface area contributed by atoms with E-state index in [-0.39, 0.29) is 23.9 Å². The second kappa shape index (κ2) is 6.63. The third kappa shape index (κ3) is 3.04. The standard InChI is InChI=1S/C18H26N2OS/c1-3-22-15-8-6-12(7-9-15)11(2)20-18(21)16-13-4-5-14(10-13)17(16)19/h6-9,11,13-14,16-17H,3-5,10,19H2,1-2H3,(H,20,21). The molecular weight excluding hydrogens is 292 g/mol. The lowest BCUT2D eigenvalue weighted by molar-refractivity contribution is -0.127. The molecule has 3 rings (SSSR count). The Morgan fingerprint density at radius 2 is 2.00 bits per heavy atom. The van der Waals surface area contributed by atoms with Gasteiger partial charge in [0.25, 0.3) is 0 Å². The van der Waals surface area contributed by atoms with Gasteiger partial charge in [-0.05, 0) is 61.5 Å². The van der Waals surface area contributed by atoms with E-state index in [0.717, 1.165) is 17.7 Å². The van der Waals surface area contributed by atoms with Gasteiger partial charge in [0.15, 0.2) is 0 Å². The van der Waals surface area contributed by atoms with Gasteiger partial charge < -0.3 is 11.1 Å². The van der Waals surface area contributed by atoms with Crippen LogP contribution in [0.25, 0.3) is 0 Å². The second-order valence-electron chi connectivity index (χ2n) is 6.67. The van der Waals surface area contributed by atoms with Gasteiger partial charge >= 0.3 is 0 Å². The van der Waals surface area contributed by atoms with Gasteiger partial charge in [-0.1, -0.05) is 19.1 Å². The van der Waals surface area contributed by atoms with Crippen molar-refractivity contribution in [1.29, 1.82) is 0 Å². The van der Waals surface area contributed by atoms with E-state index in [1.54, 1.807) is 0 Å². The maximum Gasteiger partial charge on any atom is 0.225 e. The Hall–Kier alpha value is -1.00. The van der Waals surface area contributed by atoms with E-state index in [0.29, 0.717) is 11.8 Å². The number of nitrogens with two attached hydrogens (primary N) is 1. The second-order valence-corrected chi connectivity index (χ2v) is 8.01. The Bertz CT molecular complexity index is 528. The predicted molar refractivity (Wildman–Crippen MR) is 91.7 cm³/mol. The molecule has 0 heterocycles. The van der Waals surface area contributed by atoms with Gasteiger partial charge in [0, 0.05) is 10.9 Å². The Labute approximate surface area is 137 Å². The van der Waals surface area contributed by atoms with E-state index in [2.05, 4.69) is 43.4 Å². The number of nitrogens with one attached hydrogen (secondary N) is 1. The van der Waals surface area contributed by atoms with Crippen molar-refractivity contribution in [2.45, 2.75) is 50.1 Å². The lowest BCUT2D eigenvalue weighted by Gasteiger charge is -2.28. The van der Waals surface area contributed by atoms with E-state index in [1.807, 2.05) is 11.8 Å². The van der Waals surface area contributed by atoms with Crippen LogP contribution in [0.15, 0.2) is 29.2 Å². The molecule has 2 aliphatic rings. The third-order valence-corrected chi connectivity index (χ3v) is 6.23. The molecule has 2 saturated carbocycles. The molecule has 4 heteroatoms. The first-order chi connectivity index (χ1) is 10.6. The third-order valence-electron chi connectivity index (χ3n) is 5.33. The fourth-order valence-electron chi connectivity index (χ4n) is 4.14. The Balaban J connectivity index is 1.61. The maximum absolute atomic E-state index is 12.6. The van der Waals surface area contributed by atoms with Crippen molar-refractivity contribution in [2.75, 3.05) is 5.75 Å². The molecule has 120 valence electrons. The maximum atomic E-state index is 12.6. The van der Waals surface area contributed by atoms with Gasteiger partial charge in [0.05, 0.1) is 12.0 Å². The molecule has 1 aromatic rings. The first-order valence-corrected chi connectivity index (χ1v) is 9.37. The summed E-state index contributed by atoms with van der Waals surface area (Å²) in [5.41, 5.74) is 7.43. The summed E-state index contributed by atoms with van der Waals surface area (Å²) in [6.07, 6.45) is 3.53. The summed E-state index contributed by atoms with van der Waals surface area (Å²) in [5.74, 6) is 2.33. The molecular formula is C18H26N2OS. The fraction of sp³-hybridized carbons (Fsp3) is 0.611. The molecule has 2 fully saturated rings. The van der Waals surface area contributed by atoms with E-state index < -0.39 is 0 Å². The van der Waals surface area contributed by atoms with E-state index in [9.17, 15) is 4.79 Å². The number of thioether (sulfide) groups is 1. The van der Waals surface area contributed by atoms with Crippen molar-refractivity contribution in [3.05, 3.63) is 29.8 Å². The van der Waals surface area contributed by atoms with Crippen LogP contribution in [0.4, 0.5) is 0 Å². The molecule has 0 aromatic heterocycles. The molecule has 1 amide bonds. The van der Waals surface area contributed by atoms with Gasteiger partial charge in [-0.3, -0.25) is 4.79 Å². The predicted octanol–water partition coefficient (Wildman–Crippen LogP) is 3.35. The monoisotopic (exact) mass is 318 g/mol. The molecule has 0 saturated heterocycles. The van der Waals surface area contributed by atoms with E-state index in [4.69, 9.17) is 5.73 Å². The summed E-state index contributed by atoms with van der Waals surface area (Å²) < 4.78 is 0. The van der Waals surface area contributed by atoms with Crippen LogP contribution in [0, 0.1) is 17.8 Å². The van der Waals surface area contributed by atoms with Gasteiger partial charge in [0.1, 0.15) is 0 Å². The van der Waals surface area contributed by atoms with Gasteiger partial charge in [-0.25, -0.2) is 0 Å². The van der Waals surface area contributed by atoms with Gasteiger partial charge in [-0.2, -0.15) is 0 Å². The molecule has 3 N–H and O–H groups in total. The summed E-state index contributed by atoms with van der Waals surface area (Å²) in [4.78, 5) is 13.9. The summed E-state index contributed by atoms with van der Waals surface area (Å²) in [6.45, 7) is 4.21. The van der Waals surface area contributed by atoms with Gasteiger partial charge in [0.2, 0.25) is 5.91 Å². The van der Waals surface area contributed by atoms with Crippen LogP contribution >= 0.6 is 11.8 Å². The highest BCUT2D eigenvalue weighted by molar-refractivity contribution is 7.99. The highest BCUT2D eigenvalue weighted by Crippen LogP contribution is 2.47. The van der Waals surface area contributed by atoms with Crippen molar-refractivity contribution in [2.24, 2.45) is 23.5 Å². The molecule has 0 spiro atoms.